The lowest BCUT2D eigenvalue weighted by Crippen LogP contribution is -2.40. The van der Waals surface area contributed by atoms with Crippen molar-refractivity contribution in [3.63, 3.8) is 0 Å². The summed E-state index contributed by atoms with van der Waals surface area (Å²) in [4.78, 5) is 31.4. The van der Waals surface area contributed by atoms with Crippen LogP contribution in [0.25, 0.3) is 6.08 Å². The number of fused-ring (bicyclic) bond motifs is 1. The lowest BCUT2D eigenvalue weighted by atomic mass is 9.86. The van der Waals surface area contributed by atoms with E-state index in [0.29, 0.717) is 32.8 Å². The Balaban J connectivity index is 1.75. The largest absolute Gasteiger partial charge is 0.294 e. The van der Waals surface area contributed by atoms with Gasteiger partial charge in [0.2, 0.25) is 0 Å². The molecule has 1 atom stereocenters. The van der Waals surface area contributed by atoms with Gasteiger partial charge in [-0.1, -0.05) is 47.2 Å². The van der Waals surface area contributed by atoms with Gasteiger partial charge in [0.25, 0.3) is 5.56 Å². The normalized spacial score (nSPS) is 18.8. The van der Waals surface area contributed by atoms with E-state index in [4.69, 9.17) is 11.6 Å². The van der Waals surface area contributed by atoms with Gasteiger partial charge in [-0.15, -0.1) is 0 Å². The van der Waals surface area contributed by atoms with Crippen LogP contribution in [0.2, 0.25) is 5.02 Å². The van der Waals surface area contributed by atoms with E-state index < -0.39 is 6.04 Å². The first-order chi connectivity index (χ1) is 14.5. The molecule has 0 amide bonds. The molecule has 0 N–H and O–H groups in total. The van der Waals surface area contributed by atoms with Crippen molar-refractivity contribution in [2.24, 2.45) is 4.99 Å². The number of benzene rings is 2. The minimum absolute atomic E-state index is 0.0350. The highest BCUT2D eigenvalue weighted by Gasteiger charge is 2.34. The van der Waals surface area contributed by atoms with E-state index in [2.05, 4.69) is 4.99 Å². The van der Waals surface area contributed by atoms with Crippen LogP contribution in [0.15, 0.2) is 69.6 Å². The Morgan fingerprint density at radius 1 is 1.07 bits per heavy atom. The van der Waals surface area contributed by atoms with Crippen LogP contribution in [0, 0.1) is 5.82 Å². The van der Waals surface area contributed by atoms with Crippen LogP contribution < -0.4 is 14.9 Å². The highest BCUT2D eigenvalue weighted by molar-refractivity contribution is 7.07. The molecule has 3 aromatic rings. The van der Waals surface area contributed by atoms with Gasteiger partial charge in [0.1, 0.15) is 5.82 Å². The SMILES string of the molecule is O=C1CCCC2=C1C(c1ccc(Cl)cc1)n1c(sc(=Cc3ccc(F)cc3)c1=O)=N2. The second-order valence-corrected chi connectivity index (χ2v) is 8.77. The van der Waals surface area contributed by atoms with Crippen LogP contribution >= 0.6 is 22.9 Å². The smallest absolute Gasteiger partial charge is 0.271 e. The Morgan fingerprint density at radius 2 is 1.80 bits per heavy atom. The second kappa shape index (κ2) is 7.45. The van der Waals surface area contributed by atoms with Gasteiger partial charge in [-0.25, -0.2) is 9.38 Å². The number of ketones is 1. The molecule has 0 saturated carbocycles. The summed E-state index contributed by atoms with van der Waals surface area (Å²) in [7, 11) is 0. The molecule has 0 fully saturated rings. The quantitative estimate of drug-likeness (QED) is 0.611. The molecule has 7 heteroatoms. The number of thiazole rings is 1. The molecule has 0 bridgehead atoms. The summed E-state index contributed by atoms with van der Waals surface area (Å²) < 4.78 is 15.3. The fourth-order valence-electron chi connectivity index (χ4n) is 3.98. The molecule has 30 heavy (non-hydrogen) atoms. The summed E-state index contributed by atoms with van der Waals surface area (Å²) in [5.74, 6) is -0.296. The Bertz CT molecular complexity index is 1370. The summed E-state index contributed by atoms with van der Waals surface area (Å²) in [6, 6.07) is 12.7. The topological polar surface area (TPSA) is 51.4 Å². The molecule has 2 aromatic carbocycles. The van der Waals surface area contributed by atoms with Crippen molar-refractivity contribution in [1.82, 2.24) is 4.57 Å². The molecule has 1 aliphatic heterocycles. The third-order valence-corrected chi connectivity index (χ3v) is 6.62. The molecule has 5 rings (SSSR count). The first-order valence-electron chi connectivity index (χ1n) is 9.60. The maximum atomic E-state index is 13.4. The number of rotatable bonds is 2. The van der Waals surface area contributed by atoms with Crippen molar-refractivity contribution in [2.45, 2.75) is 25.3 Å². The van der Waals surface area contributed by atoms with E-state index in [1.54, 1.807) is 34.9 Å². The van der Waals surface area contributed by atoms with E-state index in [1.807, 2.05) is 12.1 Å². The van der Waals surface area contributed by atoms with Gasteiger partial charge in [0.05, 0.1) is 16.3 Å². The summed E-state index contributed by atoms with van der Waals surface area (Å²) in [6.07, 6.45) is 3.67. The van der Waals surface area contributed by atoms with Gasteiger partial charge < -0.3 is 0 Å². The average Bonchev–Trinajstić information content (AvgIpc) is 3.04. The fraction of sp³-hybridized carbons (Fsp3) is 0.174. The van der Waals surface area contributed by atoms with E-state index >= 15 is 0 Å². The highest BCUT2D eigenvalue weighted by atomic mass is 35.5. The average molecular weight is 439 g/mol. The van der Waals surface area contributed by atoms with Gasteiger partial charge in [-0.05, 0) is 54.3 Å². The fourth-order valence-corrected chi connectivity index (χ4v) is 5.13. The Labute approximate surface area is 180 Å². The number of carbonyl (C=O) groups excluding carboxylic acids is 1. The molecule has 0 spiro atoms. The second-order valence-electron chi connectivity index (χ2n) is 7.32. The lowest BCUT2D eigenvalue weighted by Gasteiger charge is -2.28. The van der Waals surface area contributed by atoms with E-state index in [0.717, 1.165) is 23.2 Å². The van der Waals surface area contributed by atoms with Crippen molar-refractivity contribution < 1.29 is 9.18 Å². The molecule has 150 valence electrons. The Hall–Kier alpha value is -2.83. The zero-order valence-corrected chi connectivity index (χ0v) is 17.3. The molecule has 4 nitrogen and oxygen atoms in total. The number of allylic oxidation sites excluding steroid dienone is 2. The summed E-state index contributed by atoms with van der Waals surface area (Å²) in [5.41, 5.74) is 2.70. The van der Waals surface area contributed by atoms with Crippen LogP contribution in [-0.2, 0) is 4.79 Å². The maximum absolute atomic E-state index is 13.4. The number of hydrogen-bond donors (Lipinski definition) is 0. The predicted molar refractivity (Wildman–Crippen MR) is 115 cm³/mol. The van der Waals surface area contributed by atoms with Gasteiger partial charge in [0.15, 0.2) is 10.6 Å². The highest BCUT2D eigenvalue weighted by Crippen LogP contribution is 2.36. The van der Waals surface area contributed by atoms with Crippen molar-refractivity contribution >= 4 is 34.8 Å². The summed E-state index contributed by atoms with van der Waals surface area (Å²) >= 11 is 7.34. The van der Waals surface area contributed by atoms with Crippen LogP contribution in [-0.4, -0.2) is 10.4 Å². The van der Waals surface area contributed by atoms with E-state index in [1.165, 1.54) is 23.5 Å². The van der Waals surface area contributed by atoms with Crippen molar-refractivity contribution in [1.29, 1.82) is 0 Å². The molecule has 0 saturated heterocycles. The molecule has 1 aliphatic carbocycles. The Morgan fingerprint density at radius 3 is 2.53 bits per heavy atom. The van der Waals surface area contributed by atoms with Crippen molar-refractivity contribution in [3.8, 4) is 0 Å². The number of Topliss-reactive ketones (excluding diaryl/α,β-unsaturated/α-hetero) is 1. The Kier molecular flexibility index (Phi) is 4.76. The molecule has 1 aromatic heterocycles. The maximum Gasteiger partial charge on any atom is 0.271 e. The molecular formula is C23H16ClFN2O2S. The third kappa shape index (κ3) is 3.26. The first-order valence-corrected chi connectivity index (χ1v) is 10.8. The van der Waals surface area contributed by atoms with Crippen LogP contribution in [0.1, 0.15) is 36.4 Å². The molecule has 1 unspecified atom stereocenters. The molecule has 0 radical (unpaired) electrons. The monoisotopic (exact) mass is 438 g/mol. The van der Waals surface area contributed by atoms with Gasteiger partial charge >= 0.3 is 0 Å². The molecule has 2 aliphatic rings. The van der Waals surface area contributed by atoms with E-state index in [-0.39, 0.29) is 17.2 Å². The van der Waals surface area contributed by atoms with Gasteiger partial charge in [-0.2, -0.15) is 0 Å². The zero-order chi connectivity index (χ0) is 20.8. The molecule has 2 heterocycles. The number of halogens is 2. The number of nitrogens with zero attached hydrogens (tertiary/aromatic N) is 2. The van der Waals surface area contributed by atoms with E-state index in [9.17, 15) is 14.0 Å². The number of carbonyl (C=O) groups is 1. The minimum Gasteiger partial charge on any atom is -0.294 e. The van der Waals surface area contributed by atoms with Gasteiger partial charge in [0, 0.05) is 17.0 Å². The third-order valence-electron chi connectivity index (χ3n) is 5.38. The standard InChI is InChI=1S/C23H16ClFN2O2S/c24-15-8-6-14(7-9-15)21-20-17(2-1-3-18(20)28)26-23-27(21)22(29)19(30-23)12-13-4-10-16(25)11-5-13/h4-12,21H,1-3H2. The first kappa shape index (κ1) is 19.2. The van der Waals surface area contributed by atoms with Crippen molar-refractivity contribution in [3.05, 3.63) is 101 Å². The minimum atomic E-state index is -0.517. The number of hydrogen-bond acceptors (Lipinski definition) is 4. The lowest BCUT2D eigenvalue weighted by molar-refractivity contribution is -0.116. The summed E-state index contributed by atoms with van der Waals surface area (Å²) in [6.45, 7) is 0. The van der Waals surface area contributed by atoms with Crippen LogP contribution in [0.5, 0.6) is 0 Å². The van der Waals surface area contributed by atoms with Crippen LogP contribution in [0.4, 0.5) is 4.39 Å². The summed E-state index contributed by atoms with van der Waals surface area (Å²) in [5, 5.41) is 0.589. The zero-order valence-electron chi connectivity index (χ0n) is 15.8. The number of aromatic nitrogens is 1. The van der Waals surface area contributed by atoms with Gasteiger partial charge in [-0.3, -0.25) is 14.2 Å². The molecular weight excluding hydrogens is 423 g/mol. The van der Waals surface area contributed by atoms with Crippen molar-refractivity contribution in [2.75, 3.05) is 0 Å². The predicted octanol–water partition coefficient (Wildman–Crippen LogP) is 3.76. The van der Waals surface area contributed by atoms with Crippen LogP contribution in [0.3, 0.4) is 0 Å².